The molecule has 0 radical (unpaired) electrons. The molecule has 2 fully saturated rings. The number of likely N-dealkylation sites (tertiary alicyclic amines) is 1. The van der Waals surface area contributed by atoms with Crippen LogP contribution in [-0.2, 0) is 6.42 Å². The molecule has 26 heavy (non-hydrogen) atoms. The zero-order valence-corrected chi connectivity index (χ0v) is 17.5. The zero-order valence-electron chi connectivity index (χ0n) is 16.7. The van der Waals surface area contributed by atoms with E-state index < -0.39 is 0 Å². The van der Waals surface area contributed by atoms with Gasteiger partial charge in [-0.25, -0.2) is 4.98 Å². The van der Waals surface area contributed by atoms with E-state index in [1.165, 1.54) is 55.8 Å². The molecule has 5 nitrogen and oxygen atoms in total. The van der Waals surface area contributed by atoms with Crippen molar-refractivity contribution in [3.05, 3.63) is 15.6 Å². The summed E-state index contributed by atoms with van der Waals surface area (Å²) in [5.74, 6) is 1.92. The Kier molecular flexibility index (Phi) is 7.32. The van der Waals surface area contributed by atoms with Crippen LogP contribution in [0.5, 0.6) is 0 Å². The Hall–Kier alpha value is -1.14. The van der Waals surface area contributed by atoms with Gasteiger partial charge in [-0.15, -0.1) is 11.3 Å². The van der Waals surface area contributed by atoms with Crippen LogP contribution in [0.3, 0.4) is 0 Å². The van der Waals surface area contributed by atoms with Gasteiger partial charge in [-0.3, -0.25) is 4.99 Å². The second-order valence-electron chi connectivity index (χ2n) is 7.79. The molecule has 1 aliphatic carbocycles. The predicted molar refractivity (Wildman–Crippen MR) is 111 cm³/mol. The Balaban J connectivity index is 1.46. The Bertz CT molecular complexity index is 591. The van der Waals surface area contributed by atoms with Gasteiger partial charge in [0.05, 0.1) is 10.7 Å². The van der Waals surface area contributed by atoms with E-state index in [-0.39, 0.29) is 0 Å². The van der Waals surface area contributed by atoms with E-state index in [0.29, 0.717) is 6.04 Å². The van der Waals surface area contributed by atoms with E-state index in [0.717, 1.165) is 42.9 Å². The summed E-state index contributed by atoms with van der Waals surface area (Å²) in [5, 5.41) is 8.23. The van der Waals surface area contributed by atoms with Crippen molar-refractivity contribution in [2.24, 2.45) is 10.9 Å². The van der Waals surface area contributed by atoms with Crippen LogP contribution < -0.4 is 10.6 Å². The van der Waals surface area contributed by atoms with Gasteiger partial charge in [0.15, 0.2) is 5.96 Å². The van der Waals surface area contributed by atoms with Crippen molar-refractivity contribution in [1.29, 1.82) is 0 Å². The third-order valence-electron chi connectivity index (χ3n) is 5.56. The minimum absolute atomic E-state index is 0.529. The molecule has 3 rings (SSSR count). The van der Waals surface area contributed by atoms with Crippen LogP contribution in [0.15, 0.2) is 4.99 Å². The number of nitrogens with zero attached hydrogens (tertiary/aromatic N) is 3. The quantitative estimate of drug-likeness (QED) is 0.566. The number of hydrogen-bond donors (Lipinski definition) is 2. The van der Waals surface area contributed by atoms with Crippen LogP contribution in [-0.4, -0.2) is 54.6 Å². The van der Waals surface area contributed by atoms with Crippen molar-refractivity contribution in [3.63, 3.8) is 0 Å². The number of nitrogens with one attached hydrogen (secondary N) is 2. The summed E-state index contributed by atoms with van der Waals surface area (Å²) >= 11 is 1.80. The summed E-state index contributed by atoms with van der Waals surface area (Å²) in [5.41, 5.74) is 1.17. The molecule has 146 valence electrons. The lowest BCUT2D eigenvalue weighted by atomic mass is 10.1. The van der Waals surface area contributed by atoms with E-state index >= 15 is 0 Å². The number of thiazole rings is 1. The summed E-state index contributed by atoms with van der Waals surface area (Å²) in [6.45, 7) is 11.7. The molecule has 0 spiro atoms. The van der Waals surface area contributed by atoms with Crippen LogP contribution in [0.4, 0.5) is 0 Å². The van der Waals surface area contributed by atoms with Gasteiger partial charge in [-0.05, 0) is 46.0 Å². The topological polar surface area (TPSA) is 52.6 Å². The lowest BCUT2D eigenvalue weighted by Crippen LogP contribution is -2.45. The number of hydrogen-bond acceptors (Lipinski definition) is 4. The summed E-state index contributed by atoms with van der Waals surface area (Å²) < 4.78 is 0. The number of rotatable bonds is 7. The van der Waals surface area contributed by atoms with Gasteiger partial charge in [0, 0.05) is 50.1 Å². The second-order valence-corrected chi connectivity index (χ2v) is 9.08. The molecule has 0 amide bonds. The fraction of sp³-hybridized carbons (Fsp3) is 0.800. The van der Waals surface area contributed by atoms with Crippen molar-refractivity contribution in [2.75, 3.05) is 32.7 Å². The molecular weight excluding hydrogens is 342 g/mol. The lowest BCUT2D eigenvalue weighted by Gasteiger charge is -2.21. The molecule has 2 heterocycles. The van der Waals surface area contributed by atoms with Crippen molar-refractivity contribution in [3.8, 4) is 0 Å². The Morgan fingerprint density at radius 3 is 2.77 bits per heavy atom. The molecular formula is C20H35N5S. The molecule has 1 aromatic heterocycles. The molecule has 2 aliphatic rings. The highest BCUT2D eigenvalue weighted by Gasteiger charge is 2.26. The molecule has 1 aliphatic heterocycles. The maximum atomic E-state index is 4.81. The molecule has 1 unspecified atom stereocenters. The van der Waals surface area contributed by atoms with Crippen molar-refractivity contribution >= 4 is 17.3 Å². The van der Waals surface area contributed by atoms with Crippen LogP contribution in [0, 0.1) is 19.8 Å². The Morgan fingerprint density at radius 2 is 2.08 bits per heavy atom. The van der Waals surface area contributed by atoms with Gasteiger partial charge >= 0.3 is 0 Å². The first-order chi connectivity index (χ1) is 12.6. The average molecular weight is 378 g/mol. The van der Waals surface area contributed by atoms with E-state index in [1.54, 1.807) is 11.3 Å². The molecule has 2 N–H and O–H groups in total. The van der Waals surface area contributed by atoms with Gasteiger partial charge in [0.25, 0.3) is 0 Å². The third kappa shape index (κ3) is 5.68. The Labute approximate surface area is 162 Å². The van der Waals surface area contributed by atoms with Crippen LogP contribution in [0.2, 0.25) is 0 Å². The van der Waals surface area contributed by atoms with Gasteiger partial charge in [0.1, 0.15) is 0 Å². The molecule has 6 heteroatoms. The monoisotopic (exact) mass is 377 g/mol. The smallest absolute Gasteiger partial charge is 0.191 e. The van der Waals surface area contributed by atoms with E-state index in [9.17, 15) is 0 Å². The minimum Gasteiger partial charge on any atom is -0.357 e. The van der Waals surface area contributed by atoms with E-state index in [1.807, 2.05) is 0 Å². The average Bonchev–Trinajstić information content (AvgIpc) is 3.32. The number of guanidine groups is 1. The van der Waals surface area contributed by atoms with E-state index in [4.69, 9.17) is 4.99 Å². The van der Waals surface area contributed by atoms with Crippen LogP contribution in [0.25, 0.3) is 0 Å². The van der Waals surface area contributed by atoms with Gasteiger partial charge in [0.2, 0.25) is 0 Å². The lowest BCUT2D eigenvalue weighted by molar-refractivity contribution is 0.275. The molecule has 1 atom stereocenters. The SMILES string of the molecule is CCNC(=NCCc1sc(C)nc1C)NC1CCN(CC2CCCC2)C1. The largest absolute Gasteiger partial charge is 0.357 e. The number of aromatic nitrogens is 1. The van der Waals surface area contributed by atoms with Crippen LogP contribution in [0.1, 0.15) is 54.6 Å². The highest BCUT2D eigenvalue weighted by molar-refractivity contribution is 7.11. The highest BCUT2D eigenvalue weighted by atomic mass is 32.1. The number of aryl methyl sites for hydroxylation is 2. The Morgan fingerprint density at radius 1 is 1.27 bits per heavy atom. The molecule has 0 aromatic carbocycles. The fourth-order valence-electron chi connectivity index (χ4n) is 4.26. The first kappa shape index (κ1) is 19.6. The number of aliphatic imine (C=N–C) groups is 1. The summed E-state index contributed by atoms with van der Waals surface area (Å²) in [4.78, 5) is 13.3. The van der Waals surface area contributed by atoms with Crippen molar-refractivity contribution in [1.82, 2.24) is 20.5 Å². The molecule has 1 aromatic rings. The summed E-state index contributed by atoms with van der Waals surface area (Å²) in [6.07, 6.45) is 7.97. The molecule has 0 bridgehead atoms. The van der Waals surface area contributed by atoms with Crippen molar-refractivity contribution < 1.29 is 0 Å². The summed E-state index contributed by atoms with van der Waals surface area (Å²) in [6, 6.07) is 0.529. The fourth-order valence-corrected chi connectivity index (χ4v) is 5.19. The zero-order chi connectivity index (χ0) is 18.4. The maximum absolute atomic E-state index is 4.81. The van der Waals surface area contributed by atoms with Crippen molar-refractivity contribution in [2.45, 2.75) is 65.3 Å². The first-order valence-corrected chi connectivity index (χ1v) is 11.2. The standard InChI is InChI=1S/C20H35N5S/c1-4-21-20(22-11-9-19-15(2)23-16(3)26-19)24-18-10-12-25(14-18)13-17-7-5-6-8-17/h17-18H,4-14H2,1-3H3,(H2,21,22,24). The minimum atomic E-state index is 0.529. The second kappa shape index (κ2) is 9.70. The van der Waals surface area contributed by atoms with E-state index in [2.05, 4.69) is 41.3 Å². The van der Waals surface area contributed by atoms with Gasteiger partial charge in [-0.2, -0.15) is 0 Å². The molecule has 1 saturated heterocycles. The third-order valence-corrected chi connectivity index (χ3v) is 6.69. The van der Waals surface area contributed by atoms with Gasteiger partial charge < -0.3 is 15.5 Å². The van der Waals surface area contributed by atoms with Crippen LogP contribution >= 0.6 is 11.3 Å². The summed E-state index contributed by atoms with van der Waals surface area (Å²) in [7, 11) is 0. The highest BCUT2D eigenvalue weighted by Crippen LogP contribution is 2.26. The predicted octanol–water partition coefficient (Wildman–Crippen LogP) is 3.12. The first-order valence-electron chi connectivity index (χ1n) is 10.3. The van der Waals surface area contributed by atoms with Gasteiger partial charge in [-0.1, -0.05) is 12.8 Å². The normalized spacial score (nSPS) is 22.3. The maximum Gasteiger partial charge on any atom is 0.191 e. The molecule has 1 saturated carbocycles.